The first kappa shape index (κ1) is 15.8. The van der Waals surface area contributed by atoms with Gasteiger partial charge in [0.15, 0.2) is 6.61 Å². The van der Waals surface area contributed by atoms with Crippen molar-refractivity contribution < 1.29 is 14.6 Å². The molecule has 1 aliphatic rings. The summed E-state index contributed by atoms with van der Waals surface area (Å²) in [5.74, 6) is 0.532. The summed E-state index contributed by atoms with van der Waals surface area (Å²) < 4.78 is 5.48. The minimum absolute atomic E-state index is 0.00527. The minimum atomic E-state index is -0.430. The molecule has 2 unspecified atom stereocenters. The maximum atomic E-state index is 11.9. The number of aliphatic hydroxyl groups excluding tert-OH is 1. The lowest BCUT2D eigenvalue weighted by molar-refractivity contribution is -0.124. The minimum Gasteiger partial charge on any atom is -0.484 e. The van der Waals surface area contributed by atoms with Crippen molar-refractivity contribution >= 4 is 5.91 Å². The molecule has 1 fully saturated rings. The Hall–Kier alpha value is -1.55. The third-order valence-corrected chi connectivity index (χ3v) is 4.03. The van der Waals surface area contributed by atoms with E-state index < -0.39 is 6.10 Å². The van der Waals surface area contributed by atoms with Gasteiger partial charge in [0, 0.05) is 0 Å². The number of carbonyl (C=O) groups excluding carboxylic acids is 1. The molecule has 21 heavy (non-hydrogen) atoms. The van der Waals surface area contributed by atoms with E-state index in [1.807, 2.05) is 24.3 Å². The molecule has 1 aliphatic carbocycles. The molecule has 1 aromatic carbocycles. The number of rotatable bonds is 5. The maximum absolute atomic E-state index is 11.9. The number of nitrogens with one attached hydrogen (secondary N) is 1. The second-order valence-corrected chi connectivity index (χ2v) is 5.67. The third-order valence-electron chi connectivity index (χ3n) is 4.03. The van der Waals surface area contributed by atoms with Crippen molar-refractivity contribution in [1.29, 1.82) is 0 Å². The molecule has 0 heterocycles. The quantitative estimate of drug-likeness (QED) is 0.819. The summed E-state index contributed by atoms with van der Waals surface area (Å²) in [5.41, 5.74) is 1.24. The summed E-state index contributed by atoms with van der Waals surface area (Å²) in [5, 5.41) is 12.9. The van der Waals surface area contributed by atoms with Crippen molar-refractivity contribution in [3.63, 3.8) is 0 Å². The van der Waals surface area contributed by atoms with Crippen LogP contribution in [0.25, 0.3) is 0 Å². The maximum Gasteiger partial charge on any atom is 0.258 e. The third kappa shape index (κ3) is 5.05. The van der Waals surface area contributed by atoms with Gasteiger partial charge in [-0.15, -0.1) is 0 Å². The van der Waals surface area contributed by atoms with Crippen LogP contribution in [0.4, 0.5) is 0 Å². The van der Waals surface area contributed by atoms with E-state index in [1.54, 1.807) is 0 Å². The van der Waals surface area contributed by atoms with Crippen LogP contribution < -0.4 is 10.1 Å². The highest BCUT2D eigenvalue weighted by atomic mass is 16.5. The SMILES string of the molecule is CCc1ccc(OCC(=O)NC2CCCCCC2O)cc1. The second-order valence-electron chi connectivity index (χ2n) is 5.67. The fraction of sp³-hybridized carbons (Fsp3) is 0.588. The van der Waals surface area contributed by atoms with Crippen molar-refractivity contribution in [2.24, 2.45) is 0 Å². The van der Waals surface area contributed by atoms with E-state index in [9.17, 15) is 9.90 Å². The molecule has 0 spiro atoms. The first-order valence-electron chi connectivity index (χ1n) is 7.88. The molecule has 1 amide bonds. The predicted molar refractivity (Wildman–Crippen MR) is 82.3 cm³/mol. The number of carbonyl (C=O) groups is 1. The van der Waals surface area contributed by atoms with E-state index in [4.69, 9.17) is 4.74 Å². The van der Waals surface area contributed by atoms with Gasteiger partial charge < -0.3 is 15.2 Å². The first-order chi connectivity index (χ1) is 10.2. The molecule has 2 rings (SSSR count). The molecule has 0 bridgehead atoms. The fourth-order valence-electron chi connectivity index (χ4n) is 2.68. The van der Waals surface area contributed by atoms with Gasteiger partial charge in [0.05, 0.1) is 12.1 Å². The number of hydrogen-bond donors (Lipinski definition) is 2. The number of hydrogen-bond acceptors (Lipinski definition) is 3. The first-order valence-corrected chi connectivity index (χ1v) is 7.88. The van der Waals surface area contributed by atoms with Crippen LogP contribution in [0.1, 0.15) is 44.6 Å². The lowest BCUT2D eigenvalue weighted by atomic mass is 10.1. The lowest BCUT2D eigenvalue weighted by Crippen LogP contribution is -2.44. The van der Waals surface area contributed by atoms with Gasteiger partial charge in [0.25, 0.3) is 5.91 Å². The van der Waals surface area contributed by atoms with Gasteiger partial charge in [-0.3, -0.25) is 4.79 Å². The van der Waals surface area contributed by atoms with Gasteiger partial charge in [-0.2, -0.15) is 0 Å². The number of aliphatic hydroxyl groups is 1. The van der Waals surface area contributed by atoms with Crippen LogP contribution in [0.3, 0.4) is 0 Å². The largest absolute Gasteiger partial charge is 0.484 e. The van der Waals surface area contributed by atoms with Crippen molar-refractivity contribution in [3.8, 4) is 5.75 Å². The summed E-state index contributed by atoms with van der Waals surface area (Å²) >= 11 is 0. The molecule has 0 radical (unpaired) electrons. The average molecular weight is 291 g/mol. The van der Waals surface area contributed by atoms with E-state index in [0.29, 0.717) is 5.75 Å². The Labute approximate surface area is 126 Å². The number of benzene rings is 1. The molecular formula is C17H25NO3. The lowest BCUT2D eigenvalue weighted by Gasteiger charge is -2.21. The second kappa shape index (κ2) is 8.03. The highest BCUT2D eigenvalue weighted by molar-refractivity contribution is 5.77. The van der Waals surface area contributed by atoms with Gasteiger partial charge >= 0.3 is 0 Å². The van der Waals surface area contributed by atoms with E-state index in [0.717, 1.165) is 38.5 Å². The zero-order valence-corrected chi connectivity index (χ0v) is 12.7. The molecule has 2 N–H and O–H groups in total. The van der Waals surface area contributed by atoms with Gasteiger partial charge in [-0.05, 0) is 37.0 Å². The zero-order valence-electron chi connectivity index (χ0n) is 12.7. The Morgan fingerprint density at radius 1 is 1.24 bits per heavy atom. The summed E-state index contributed by atoms with van der Waals surface area (Å²) in [6.07, 6.45) is 5.39. The summed E-state index contributed by atoms with van der Waals surface area (Å²) in [7, 11) is 0. The van der Waals surface area contributed by atoms with Crippen LogP contribution in [-0.4, -0.2) is 29.8 Å². The predicted octanol–water partition coefficient (Wildman–Crippen LogP) is 2.44. The number of amides is 1. The van der Waals surface area contributed by atoms with Crippen molar-refractivity contribution in [3.05, 3.63) is 29.8 Å². The van der Waals surface area contributed by atoms with Crippen LogP contribution in [0, 0.1) is 0 Å². The summed E-state index contributed by atoms with van der Waals surface area (Å²) in [4.78, 5) is 11.9. The van der Waals surface area contributed by atoms with E-state index in [1.165, 1.54) is 5.56 Å². The van der Waals surface area contributed by atoms with E-state index >= 15 is 0 Å². The van der Waals surface area contributed by atoms with Crippen LogP contribution in [0.2, 0.25) is 0 Å². The Morgan fingerprint density at radius 3 is 2.67 bits per heavy atom. The molecule has 4 heteroatoms. The Morgan fingerprint density at radius 2 is 1.95 bits per heavy atom. The Bertz CT molecular complexity index is 444. The fourth-order valence-corrected chi connectivity index (χ4v) is 2.68. The zero-order chi connectivity index (χ0) is 15.1. The molecule has 1 saturated carbocycles. The molecular weight excluding hydrogens is 266 g/mol. The molecule has 4 nitrogen and oxygen atoms in total. The van der Waals surface area contributed by atoms with Crippen molar-refractivity contribution in [1.82, 2.24) is 5.32 Å². The molecule has 0 saturated heterocycles. The average Bonchev–Trinajstić information content (AvgIpc) is 2.71. The Kier molecular flexibility index (Phi) is 6.05. The monoisotopic (exact) mass is 291 g/mol. The molecule has 0 aromatic heterocycles. The standard InChI is InChI=1S/C17H25NO3/c1-2-13-8-10-14(11-9-13)21-12-17(20)18-15-6-4-3-5-7-16(15)19/h8-11,15-16,19H,2-7,12H2,1H3,(H,18,20). The molecule has 0 aliphatic heterocycles. The van der Waals surface area contributed by atoms with Crippen LogP contribution in [0.15, 0.2) is 24.3 Å². The van der Waals surface area contributed by atoms with Gasteiger partial charge in [0.2, 0.25) is 0 Å². The molecule has 1 aromatic rings. The van der Waals surface area contributed by atoms with E-state index in [2.05, 4.69) is 12.2 Å². The Balaban J connectivity index is 1.78. The summed E-state index contributed by atoms with van der Waals surface area (Å²) in [6.45, 7) is 2.09. The molecule has 116 valence electrons. The number of ether oxygens (including phenoxy) is 1. The van der Waals surface area contributed by atoms with Gasteiger partial charge in [-0.1, -0.05) is 38.3 Å². The molecule has 2 atom stereocenters. The van der Waals surface area contributed by atoms with Crippen LogP contribution in [0.5, 0.6) is 5.75 Å². The highest BCUT2D eigenvalue weighted by Crippen LogP contribution is 2.18. The summed E-state index contributed by atoms with van der Waals surface area (Å²) in [6, 6.07) is 7.63. The van der Waals surface area contributed by atoms with E-state index in [-0.39, 0.29) is 18.6 Å². The van der Waals surface area contributed by atoms with Crippen LogP contribution >= 0.6 is 0 Å². The van der Waals surface area contributed by atoms with Crippen molar-refractivity contribution in [2.75, 3.05) is 6.61 Å². The van der Waals surface area contributed by atoms with Crippen LogP contribution in [-0.2, 0) is 11.2 Å². The number of aryl methyl sites for hydroxylation is 1. The normalized spacial score (nSPS) is 22.4. The highest BCUT2D eigenvalue weighted by Gasteiger charge is 2.23. The smallest absolute Gasteiger partial charge is 0.258 e. The van der Waals surface area contributed by atoms with Gasteiger partial charge in [0.1, 0.15) is 5.75 Å². The van der Waals surface area contributed by atoms with Gasteiger partial charge in [-0.25, -0.2) is 0 Å². The van der Waals surface area contributed by atoms with Crippen molar-refractivity contribution in [2.45, 2.75) is 57.6 Å². The topological polar surface area (TPSA) is 58.6 Å².